The van der Waals surface area contributed by atoms with Crippen LogP contribution in [0, 0.1) is 11.6 Å². The maximum Gasteiger partial charge on any atom is 0.132 e. The summed E-state index contributed by atoms with van der Waals surface area (Å²) in [5, 5.41) is 0. The topological polar surface area (TPSA) is 26.0 Å². The Labute approximate surface area is 116 Å². The number of unbranched alkanes of at least 4 members (excludes halogenated alkanes) is 4. The van der Waals surface area contributed by atoms with Gasteiger partial charge in [0.2, 0.25) is 0 Å². The van der Waals surface area contributed by atoms with Gasteiger partial charge in [0.1, 0.15) is 11.6 Å². The first kappa shape index (κ1) is 15.6. The van der Waals surface area contributed by atoms with Gasteiger partial charge in [0.15, 0.2) is 0 Å². The van der Waals surface area contributed by atoms with Gasteiger partial charge in [0.05, 0.1) is 0 Å². The maximum absolute atomic E-state index is 13.6. The van der Waals surface area contributed by atoms with Crippen LogP contribution in [0.2, 0.25) is 0 Å². The largest absolute Gasteiger partial charge is 0.324 e. The molecule has 0 aliphatic rings. The van der Waals surface area contributed by atoms with Crippen molar-refractivity contribution in [3.05, 3.63) is 33.8 Å². The molecule has 0 saturated carbocycles. The smallest absolute Gasteiger partial charge is 0.132 e. The van der Waals surface area contributed by atoms with Crippen molar-refractivity contribution >= 4 is 15.9 Å². The zero-order valence-corrected chi connectivity index (χ0v) is 12.3. The molecule has 0 spiro atoms. The van der Waals surface area contributed by atoms with Crippen molar-refractivity contribution < 1.29 is 8.78 Å². The summed E-state index contributed by atoms with van der Waals surface area (Å²) in [6, 6.07) is 1.96. The van der Waals surface area contributed by atoms with Crippen molar-refractivity contribution in [1.82, 2.24) is 0 Å². The molecular formula is C14H20BrF2N. The molecular weight excluding hydrogens is 300 g/mol. The van der Waals surface area contributed by atoms with E-state index in [0.717, 1.165) is 19.3 Å². The molecule has 18 heavy (non-hydrogen) atoms. The minimum Gasteiger partial charge on any atom is -0.324 e. The first-order valence-electron chi connectivity index (χ1n) is 6.46. The van der Waals surface area contributed by atoms with E-state index in [1.807, 2.05) is 0 Å². The van der Waals surface area contributed by atoms with Crippen molar-refractivity contribution in [3.8, 4) is 0 Å². The van der Waals surface area contributed by atoms with Crippen molar-refractivity contribution in [1.29, 1.82) is 0 Å². The van der Waals surface area contributed by atoms with E-state index in [0.29, 0.717) is 10.9 Å². The van der Waals surface area contributed by atoms with Gasteiger partial charge in [-0.05, 0) is 18.6 Å². The van der Waals surface area contributed by atoms with E-state index >= 15 is 0 Å². The molecule has 1 aromatic carbocycles. The third-order valence-corrected chi connectivity index (χ3v) is 3.49. The average Bonchev–Trinajstić information content (AvgIpc) is 2.27. The summed E-state index contributed by atoms with van der Waals surface area (Å²) in [4.78, 5) is 0. The van der Waals surface area contributed by atoms with E-state index in [4.69, 9.17) is 5.73 Å². The Hall–Kier alpha value is -0.480. The Kier molecular flexibility index (Phi) is 6.79. The monoisotopic (exact) mass is 319 g/mol. The maximum atomic E-state index is 13.6. The Morgan fingerprint density at radius 3 is 2.22 bits per heavy atom. The summed E-state index contributed by atoms with van der Waals surface area (Å²) in [5.74, 6) is -1.13. The molecule has 2 N–H and O–H groups in total. The fourth-order valence-corrected chi connectivity index (χ4v) is 2.42. The van der Waals surface area contributed by atoms with Gasteiger partial charge in [-0.1, -0.05) is 55.0 Å². The molecule has 0 radical (unpaired) electrons. The summed E-state index contributed by atoms with van der Waals surface area (Å²) >= 11 is 3.06. The molecule has 0 saturated heterocycles. The lowest BCUT2D eigenvalue weighted by Crippen LogP contribution is -2.14. The zero-order valence-electron chi connectivity index (χ0n) is 10.7. The molecule has 0 aromatic heterocycles. The van der Waals surface area contributed by atoms with Crippen LogP contribution >= 0.6 is 15.9 Å². The van der Waals surface area contributed by atoms with Crippen molar-refractivity contribution in [3.63, 3.8) is 0 Å². The summed E-state index contributed by atoms with van der Waals surface area (Å²) < 4.78 is 27.7. The molecule has 1 unspecified atom stereocenters. The van der Waals surface area contributed by atoms with Gasteiger partial charge in [0.25, 0.3) is 0 Å². The predicted octanol–water partition coefficient (Wildman–Crippen LogP) is 5.09. The average molecular weight is 320 g/mol. The highest BCUT2D eigenvalue weighted by molar-refractivity contribution is 9.10. The Balaban J connectivity index is 2.53. The van der Waals surface area contributed by atoms with Crippen LogP contribution in [0.3, 0.4) is 0 Å². The third kappa shape index (κ3) is 4.65. The molecule has 0 bridgehead atoms. The molecule has 4 heteroatoms. The zero-order chi connectivity index (χ0) is 13.5. The normalized spacial score (nSPS) is 12.7. The number of halogens is 3. The number of hydrogen-bond acceptors (Lipinski definition) is 1. The van der Waals surface area contributed by atoms with Crippen LogP contribution in [-0.2, 0) is 0 Å². The first-order chi connectivity index (χ1) is 8.56. The van der Waals surface area contributed by atoms with Gasteiger partial charge in [-0.15, -0.1) is 0 Å². The van der Waals surface area contributed by atoms with E-state index in [1.165, 1.54) is 25.0 Å². The van der Waals surface area contributed by atoms with Crippen molar-refractivity contribution in [2.75, 3.05) is 0 Å². The molecule has 1 atom stereocenters. The lowest BCUT2D eigenvalue weighted by Gasteiger charge is -2.14. The van der Waals surface area contributed by atoms with Crippen LogP contribution in [0.1, 0.15) is 57.1 Å². The number of nitrogens with two attached hydrogens (primary N) is 1. The van der Waals surface area contributed by atoms with Crippen molar-refractivity contribution in [2.24, 2.45) is 5.73 Å². The lowest BCUT2D eigenvalue weighted by atomic mass is 9.99. The minimum atomic E-state index is -0.567. The van der Waals surface area contributed by atoms with Crippen LogP contribution in [0.5, 0.6) is 0 Å². The highest BCUT2D eigenvalue weighted by Crippen LogP contribution is 2.26. The fraction of sp³-hybridized carbons (Fsp3) is 0.571. The third-order valence-electron chi connectivity index (χ3n) is 3.03. The molecule has 0 aliphatic heterocycles. The fourth-order valence-electron chi connectivity index (χ4n) is 2.02. The second kappa shape index (κ2) is 7.85. The Morgan fingerprint density at radius 2 is 1.67 bits per heavy atom. The van der Waals surface area contributed by atoms with Crippen LogP contribution in [-0.4, -0.2) is 0 Å². The van der Waals surface area contributed by atoms with Gasteiger partial charge in [-0.3, -0.25) is 0 Å². The Morgan fingerprint density at radius 1 is 1.11 bits per heavy atom. The Bertz CT molecular complexity index is 359. The molecule has 0 fully saturated rings. The van der Waals surface area contributed by atoms with Gasteiger partial charge < -0.3 is 5.73 Å². The van der Waals surface area contributed by atoms with E-state index in [1.54, 1.807) is 0 Å². The van der Waals surface area contributed by atoms with Crippen molar-refractivity contribution in [2.45, 2.75) is 51.5 Å². The predicted molar refractivity (Wildman–Crippen MR) is 74.4 cm³/mol. The molecule has 1 nitrogen and oxygen atoms in total. The van der Waals surface area contributed by atoms with Crippen LogP contribution in [0.25, 0.3) is 0 Å². The summed E-state index contributed by atoms with van der Waals surface area (Å²) in [7, 11) is 0. The SMILES string of the molecule is CCCCCCCC(N)c1c(F)cc(Br)cc1F. The highest BCUT2D eigenvalue weighted by Gasteiger charge is 2.17. The number of hydrogen-bond donors (Lipinski definition) is 1. The van der Waals surface area contributed by atoms with Crippen LogP contribution in [0.15, 0.2) is 16.6 Å². The van der Waals surface area contributed by atoms with E-state index in [9.17, 15) is 8.78 Å². The second-order valence-electron chi connectivity index (χ2n) is 4.59. The highest BCUT2D eigenvalue weighted by atomic mass is 79.9. The molecule has 0 heterocycles. The summed E-state index contributed by atoms with van der Waals surface area (Å²) in [6.45, 7) is 2.15. The summed E-state index contributed by atoms with van der Waals surface area (Å²) in [6.07, 6.45) is 6.16. The van der Waals surface area contributed by atoms with Gasteiger partial charge in [0, 0.05) is 16.1 Å². The standard InChI is InChI=1S/C14H20BrF2N/c1-2-3-4-5-6-7-13(18)14-11(16)8-10(15)9-12(14)17/h8-9,13H,2-7,18H2,1H3. The van der Waals surface area contributed by atoms with E-state index < -0.39 is 17.7 Å². The van der Waals surface area contributed by atoms with Crippen LogP contribution < -0.4 is 5.73 Å². The molecule has 1 aromatic rings. The molecule has 102 valence electrons. The lowest BCUT2D eigenvalue weighted by molar-refractivity contribution is 0.492. The van der Waals surface area contributed by atoms with Gasteiger partial charge >= 0.3 is 0 Å². The van der Waals surface area contributed by atoms with E-state index in [-0.39, 0.29) is 5.56 Å². The number of rotatable bonds is 7. The number of benzene rings is 1. The first-order valence-corrected chi connectivity index (χ1v) is 7.25. The second-order valence-corrected chi connectivity index (χ2v) is 5.51. The summed E-state index contributed by atoms with van der Waals surface area (Å²) in [5.41, 5.74) is 5.87. The molecule has 0 aliphatic carbocycles. The van der Waals surface area contributed by atoms with Crippen LogP contribution in [0.4, 0.5) is 8.78 Å². The molecule has 0 amide bonds. The quantitative estimate of drug-likeness (QED) is 0.696. The minimum absolute atomic E-state index is 0.00805. The molecule has 1 rings (SSSR count). The van der Waals surface area contributed by atoms with Gasteiger partial charge in [-0.2, -0.15) is 0 Å². The van der Waals surface area contributed by atoms with Gasteiger partial charge in [-0.25, -0.2) is 8.78 Å². The van der Waals surface area contributed by atoms with E-state index in [2.05, 4.69) is 22.9 Å².